The molecule has 0 spiro atoms. The average Bonchev–Trinajstić information content (AvgIpc) is 2.81. The molecule has 0 atom stereocenters. The molecule has 0 fully saturated rings. The molecular formula is C34H57CoN3. The Morgan fingerprint density at radius 1 is 0.421 bits per heavy atom. The molecule has 0 saturated carbocycles. The van der Waals surface area contributed by atoms with Crippen molar-refractivity contribution in [2.45, 2.75) is 119 Å². The van der Waals surface area contributed by atoms with Gasteiger partial charge in [-0.1, -0.05) is 107 Å². The van der Waals surface area contributed by atoms with Gasteiger partial charge in [-0.15, -0.1) is 0 Å². The van der Waals surface area contributed by atoms with E-state index in [2.05, 4.69) is 123 Å². The Labute approximate surface area is 245 Å². The molecule has 217 valence electrons. The van der Waals surface area contributed by atoms with Crippen molar-refractivity contribution in [3.8, 4) is 0 Å². The standard InChI is InChI=1S/C34H57N3.Co/c1-21(2)27-17-29(23(5)6)33(30(18-27)24(7)8)36-15-13-35-14-16-37-34-31(25(9)10)19-28(22(3)4)20-32(34)26(11)12;/h17-26,35-37H,13-16H2,1-12H3;. The van der Waals surface area contributed by atoms with Gasteiger partial charge in [0.05, 0.1) is 0 Å². The van der Waals surface area contributed by atoms with Gasteiger partial charge in [-0.25, -0.2) is 0 Å². The predicted molar refractivity (Wildman–Crippen MR) is 167 cm³/mol. The zero-order valence-electron chi connectivity index (χ0n) is 26.4. The zero-order chi connectivity index (χ0) is 27.9. The molecule has 3 nitrogen and oxygen atoms in total. The third-order valence-electron chi connectivity index (χ3n) is 7.47. The first-order chi connectivity index (χ1) is 17.3. The number of hydrogen-bond donors (Lipinski definition) is 3. The van der Waals surface area contributed by atoms with E-state index < -0.39 is 0 Å². The molecule has 0 aliphatic carbocycles. The number of nitrogens with one attached hydrogen (secondary N) is 3. The maximum absolute atomic E-state index is 3.80. The van der Waals surface area contributed by atoms with Crippen molar-refractivity contribution in [2.24, 2.45) is 0 Å². The summed E-state index contributed by atoms with van der Waals surface area (Å²) in [7, 11) is 0. The maximum atomic E-state index is 3.80. The molecule has 0 aliphatic rings. The van der Waals surface area contributed by atoms with Crippen LogP contribution in [0, 0.1) is 0 Å². The van der Waals surface area contributed by atoms with Crippen molar-refractivity contribution < 1.29 is 16.8 Å². The molecule has 4 heteroatoms. The number of anilines is 2. The molecular weight excluding hydrogens is 509 g/mol. The minimum Gasteiger partial charge on any atom is -0.383 e. The molecule has 0 aromatic heterocycles. The molecule has 2 aromatic rings. The van der Waals surface area contributed by atoms with Gasteiger partial charge in [-0.3, -0.25) is 0 Å². The van der Waals surface area contributed by atoms with Crippen LogP contribution in [0.25, 0.3) is 0 Å². The second kappa shape index (κ2) is 15.9. The van der Waals surface area contributed by atoms with Gasteiger partial charge in [-0.05, 0) is 68.9 Å². The molecule has 0 saturated heterocycles. The van der Waals surface area contributed by atoms with E-state index in [4.69, 9.17) is 0 Å². The van der Waals surface area contributed by atoms with E-state index in [0.717, 1.165) is 26.2 Å². The fraction of sp³-hybridized carbons (Fsp3) is 0.647. The van der Waals surface area contributed by atoms with Gasteiger partial charge in [0.15, 0.2) is 0 Å². The van der Waals surface area contributed by atoms with E-state index in [1.165, 1.54) is 44.8 Å². The summed E-state index contributed by atoms with van der Waals surface area (Å²) in [6.07, 6.45) is 0. The summed E-state index contributed by atoms with van der Waals surface area (Å²) in [6, 6.07) is 9.68. The Morgan fingerprint density at radius 2 is 0.684 bits per heavy atom. The van der Waals surface area contributed by atoms with Crippen LogP contribution in [0.5, 0.6) is 0 Å². The fourth-order valence-electron chi connectivity index (χ4n) is 5.00. The molecule has 0 bridgehead atoms. The first kappa shape index (κ1) is 34.5. The predicted octanol–water partition coefficient (Wildman–Crippen LogP) is 9.54. The molecule has 0 aliphatic heterocycles. The van der Waals surface area contributed by atoms with E-state index in [0.29, 0.717) is 35.5 Å². The first-order valence-electron chi connectivity index (χ1n) is 14.9. The first-order valence-corrected chi connectivity index (χ1v) is 14.9. The van der Waals surface area contributed by atoms with Gasteiger partial charge in [0, 0.05) is 54.3 Å². The normalized spacial score (nSPS) is 11.8. The summed E-state index contributed by atoms with van der Waals surface area (Å²) in [5.41, 5.74) is 11.4. The topological polar surface area (TPSA) is 36.1 Å². The molecule has 0 amide bonds. The van der Waals surface area contributed by atoms with Crippen LogP contribution in [0.2, 0.25) is 0 Å². The van der Waals surface area contributed by atoms with Crippen LogP contribution in [0.1, 0.15) is 152 Å². The molecule has 2 aromatic carbocycles. The number of rotatable bonds is 14. The number of benzene rings is 2. The van der Waals surface area contributed by atoms with Crippen LogP contribution in [-0.2, 0) is 16.8 Å². The van der Waals surface area contributed by atoms with Gasteiger partial charge in [0.1, 0.15) is 0 Å². The molecule has 0 heterocycles. The number of hydrogen-bond acceptors (Lipinski definition) is 3. The quantitative estimate of drug-likeness (QED) is 0.199. The van der Waals surface area contributed by atoms with Crippen molar-refractivity contribution in [1.29, 1.82) is 0 Å². The summed E-state index contributed by atoms with van der Waals surface area (Å²) >= 11 is 0. The Morgan fingerprint density at radius 3 is 0.895 bits per heavy atom. The fourth-order valence-corrected chi connectivity index (χ4v) is 5.00. The van der Waals surface area contributed by atoms with Crippen LogP contribution in [0.3, 0.4) is 0 Å². The minimum absolute atomic E-state index is 0. The second-order valence-electron chi connectivity index (χ2n) is 12.7. The van der Waals surface area contributed by atoms with Gasteiger partial charge in [-0.2, -0.15) is 0 Å². The van der Waals surface area contributed by atoms with E-state index >= 15 is 0 Å². The van der Waals surface area contributed by atoms with Crippen LogP contribution in [0.15, 0.2) is 24.3 Å². The third kappa shape index (κ3) is 9.31. The van der Waals surface area contributed by atoms with E-state index in [1.54, 1.807) is 0 Å². The summed E-state index contributed by atoms with van der Waals surface area (Å²) in [5.74, 6) is 3.11. The van der Waals surface area contributed by atoms with Crippen molar-refractivity contribution in [1.82, 2.24) is 5.32 Å². The average molecular weight is 567 g/mol. The Hall–Kier alpha value is -1.49. The van der Waals surface area contributed by atoms with Crippen LogP contribution < -0.4 is 16.0 Å². The van der Waals surface area contributed by atoms with Gasteiger partial charge >= 0.3 is 0 Å². The van der Waals surface area contributed by atoms with Gasteiger partial charge in [0.2, 0.25) is 0 Å². The minimum atomic E-state index is 0. The third-order valence-corrected chi connectivity index (χ3v) is 7.47. The molecule has 0 unspecified atom stereocenters. The van der Waals surface area contributed by atoms with Crippen LogP contribution >= 0.6 is 0 Å². The van der Waals surface area contributed by atoms with Gasteiger partial charge in [0.25, 0.3) is 0 Å². The summed E-state index contributed by atoms with van der Waals surface area (Å²) in [6.45, 7) is 31.4. The van der Waals surface area contributed by atoms with E-state index in [1.807, 2.05) is 0 Å². The van der Waals surface area contributed by atoms with Crippen LogP contribution in [-0.4, -0.2) is 26.2 Å². The largest absolute Gasteiger partial charge is 0.383 e. The Balaban J connectivity index is 0.00000722. The van der Waals surface area contributed by atoms with E-state index in [9.17, 15) is 0 Å². The molecule has 38 heavy (non-hydrogen) atoms. The molecule has 1 radical (unpaired) electrons. The van der Waals surface area contributed by atoms with Crippen molar-refractivity contribution in [3.05, 3.63) is 57.6 Å². The maximum Gasteiger partial charge on any atom is 0.0411 e. The van der Waals surface area contributed by atoms with Crippen molar-refractivity contribution in [2.75, 3.05) is 36.8 Å². The van der Waals surface area contributed by atoms with Gasteiger partial charge < -0.3 is 16.0 Å². The van der Waals surface area contributed by atoms with Crippen molar-refractivity contribution in [3.63, 3.8) is 0 Å². The monoisotopic (exact) mass is 566 g/mol. The summed E-state index contributed by atoms with van der Waals surface area (Å²) in [5, 5.41) is 11.3. The van der Waals surface area contributed by atoms with Crippen LogP contribution in [0.4, 0.5) is 11.4 Å². The Kier molecular flexibility index (Phi) is 14.5. The zero-order valence-corrected chi connectivity index (χ0v) is 27.5. The Bertz CT molecular complexity index is 852. The van der Waals surface area contributed by atoms with E-state index in [-0.39, 0.29) is 16.8 Å². The van der Waals surface area contributed by atoms with Crippen molar-refractivity contribution >= 4 is 11.4 Å². The molecule has 2 rings (SSSR count). The second-order valence-corrected chi connectivity index (χ2v) is 12.7. The summed E-state index contributed by atoms with van der Waals surface area (Å²) < 4.78 is 0. The smallest absolute Gasteiger partial charge is 0.0411 e. The SMILES string of the molecule is CC(C)c1cc(C(C)C)c(NCCNCCNc2c(C(C)C)cc(C(C)C)cc2C(C)C)c(C(C)C)c1.[Co]. The summed E-state index contributed by atoms with van der Waals surface area (Å²) in [4.78, 5) is 0. The molecule has 3 N–H and O–H groups in total.